The van der Waals surface area contributed by atoms with Crippen molar-refractivity contribution in [2.75, 3.05) is 0 Å². The van der Waals surface area contributed by atoms with Gasteiger partial charge in [0, 0.05) is 12.1 Å². The normalized spacial score (nSPS) is 19.8. The summed E-state index contributed by atoms with van der Waals surface area (Å²) in [5.41, 5.74) is 15.1. The first-order chi connectivity index (χ1) is 23.4. The smallest absolute Gasteiger partial charge is 0.352 e. The van der Waals surface area contributed by atoms with Crippen LogP contribution >= 0.6 is 0 Å². The molecule has 5 heterocycles. The predicted molar refractivity (Wildman–Crippen MR) is 196 cm³/mol. The molecule has 1 spiro atoms. The number of rotatable bonds is 3. The van der Waals surface area contributed by atoms with Crippen LogP contribution in [0.3, 0.4) is 0 Å². The summed E-state index contributed by atoms with van der Waals surface area (Å²) in [5.74, 6) is 3.98. The van der Waals surface area contributed by atoms with Crippen LogP contribution in [0.5, 0.6) is 11.5 Å². The maximum atomic E-state index is 7.10. The number of hydrogen-bond acceptors (Lipinski definition) is 1. The lowest BCUT2D eigenvalue weighted by atomic mass is 9.60. The van der Waals surface area contributed by atoms with Crippen molar-refractivity contribution in [1.29, 1.82) is 0 Å². The number of aromatic nitrogens is 3. The van der Waals surface area contributed by atoms with Crippen molar-refractivity contribution in [3.63, 3.8) is 0 Å². The van der Waals surface area contributed by atoms with Gasteiger partial charge in [-0.15, -0.1) is 0 Å². The first-order valence-corrected chi connectivity index (χ1v) is 18.2. The van der Waals surface area contributed by atoms with Crippen molar-refractivity contribution < 1.29 is 13.9 Å². The minimum atomic E-state index is -0.622. The first-order valence-electron chi connectivity index (χ1n) is 18.2. The molecular formula is C45H45N3O+2. The van der Waals surface area contributed by atoms with E-state index in [-0.39, 0.29) is 10.8 Å². The van der Waals surface area contributed by atoms with E-state index in [1.165, 1.54) is 67.4 Å². The van der Waals surface area contributed by atoms with E-state index in [1.807, 2.05) is 0 Å². The van der Waals surface area contributed by atoms with Crippen molar-refractivity contribution in [1.82, 2.24) is 4.57 Å². The van der Waals surface area contributed by atoms with Crippen LogP contribution in [0.1, 0.15) is 119 Å². The zero-order valence-electron chi connectivity index (χ0n) is 30.0. The van der Waals surface area contributed by atoms with E-state index < -0.39 is 5.54 Å². The van der Waals surface area contributed by atoms with E-state index in [4.69, 9.17) is 4.74 Å². The summed E-state index contributed by atoms with van der Waals surface area (Å²) in [6.07, 6.45) is 4.62. The lowest BCUT2D eigenvalue weighted by Crippen LogP contribution is -2.58. The van der Waals surface area contributed by atoms with Crippen LogP contribution in [-0.2, 0) is 16.4 Å². The molecule has 0 saturated heterocycles. The van der Waals surface area contributed by atoms with E-state index >= 15 is 0 Å². The monoisotopic (exact) mass is 643 g/mol. The number of benzene rings is 4. The second kappa shape index (κ2) is 9.29. The van der Waals surface area contributed by atoms with Crippen LogP contribution in [-0.4, -0.2) is 4.57 Å². The fraction of sp³-hybridized carbons (Fsp3) is 0.333. The number of fused-ring (bicyclic) bond motifs is 9. The fourth-order valence-electron chi connectivity index (χ4n) is 9.82. The van der Waals surface area contributed by atoms with Gasteiger partial charge >= 0.3 is 11.4 Å². The van der Waals surface area contributed by atoms with Gasteiger partial charge < -0.3 is 4.74 Å². The van der Waals surface area contributed by atoms with E-state index in [9.17, 15) is 0 Å². The van der Waals surface area contributed by atoms with Gasteiger partial charge in [0.25, 0.3) is 0 Å². The Bertz CT molecular complexity index is 2370. The van der Waals surface area contributed by atoms with Gasteiger partial charge in [0.1, 0.15) is 5.69 Å². The molecule has 1 unspecified atom stereocenters. The van der Waals surface area contributed by atoms with E-state index in [1.54, 1.807) is 0 Å². The largest absolute Gasteiger partial charge is 0.448 e. The van der Waals surface area contributed by atoms with Gasteiger partial charge in [-0.1, -0.05) is 85.7 Å². The van der Waals surface area contributed by atoms with Gasteiger partial charge in [-0.2, -0.15) is 13.7 Å². The topological polar surface area (TPSA) is 21.9 Å². The minimum Gasteiger partial charge on any atom is -0.448 e. The summed E-state index contributed by atoms with van der Waals surface area (Å²) in [7, 11) is 0. The van der Waals surface area contributed by atoms with Crippen LogP contribution < -0.4 is 13.9 Å². The molecule has 0 bridgehead atoms. The third-order valence-corrected chi connectivity index (χ3v) is 12.4. The van der Waals surface area contributed by atoms with Gasteiger partial charge in [0.2, 0.25) is 11.2 Å². The average molecular weight is 644 g/mol. The predicted octanol–water partition coefficient (Wildman–Crippen LogP) is 10.0. The van der Waals surface area contributed by atoms with Gasteiger partial charge in [0.15, 0.2) is 28.9 Å². The Kier molecular flexibility index (Phi) is 5.55. The van der Waals surface area contributed by atoms with Crippen LogP contribution in [0.25, 0.3) is 33.7 Å². The molecule has 4 aliphatic rings. The highest BCUT2D eigenvalue weighted by Gasteiger charge is 2.71. The molecule has 10 rings (SSSR count). The summed E-state index contributed by atoms with van der Waals surface area (Å²) in [5, 5.41) is 0. The third kappa shape index (κ3) is 3.45. The number of nitrogens with zero attached hydrogens (tertiary/aromatic N) is 3. The van der Waals surface area contributed by atoms with E-state index in [0.29, 0.717) is 11.8 Å². The molecule has 0 radical (unpaired) electrons. The molecule has 2 aromatic heterocycles. The highest BCUT2D eigenvalue weighted by atomic mass is 16.5. The molecule has 0 amide bonds. The SMILES string of the molecule is CC(C)c1cc(C(C)C)cc(-n2c3[n+]4c5c(cccc52)Oc2cc5c(c(c2-4)C32c3ccccc3-c3cccc[n+]32)C(C)(C)CCC5(C)C)c1. The van der Waals surface area contributed by atoms with Crippen LogP contribution in [0, 0.1) is 0 Å². The number of para-hydroxylation sites is 1. The molecule has 3 aliphatic heterocycles. The molecule has 6 aromatic rings. The highest BCUT2D eigenvalue weighted by Crippen LogP contribution is 2.61. The Labute approximate surface area is 289 Å². The van der Waals surface area contributed by atoms with Crippen molar-refractivity contribution in [3.8, 4) is 34.1 Å². The zero-order chi connectivity index (χ0) is 33.8. The Morgan fingerprint density at radius 1 is 0.694 bits per heavy atom. The molecule has 49 heavy (non-hydrogen) atoms. The summed E-state index contributed by atoms with van der Waals surface area (Å²) >= 11 is 0. The van der Waals surface area contributed by atoms with E-state index in [0.717, 1.165) is 29.9 Å². The Morgan fingerprint density at radius 3 is 2.16 bits per heavy atom. The molecule has 0 saturated carbocycles. The molecule has 1 atom stereocenters. The molecule has 0 fully saturated rings. The summed E-state index contributed by atoms with van der Waals surface area (Å²) < 4.78 is 14.9. The minimum absolute atomic E-state index is 0.0144. The fourth-order valence-corrected chi connectivity index (χ4v) is 9.82. The lowest BCUT2D eigenvalue weighted by molar-refractivity contribution is -0.733. The molecule has 1 aliphatic carbocycles. The van der Waals surface area contributed by atoms with Crippen LogP contribution in [0.2, 0.25) is 0 Å². The number of imidazole rings is 1. The summed E-state index contributed by atoms with van der Waals surface area (Å²) in [4.78, 5) is 0. The van der Waals surface area contributed by atoms with Gasteiger partial charge in [-0.25, -0.2) is 0 Å². The molecule has 4 nitrogen and oxygen atoms in total. The zero-order valence-corrected chi connectivity index (χ0v) is 30.0. The molecule has 244 valence electrons. The number of hydrogen-bond donors (Lipinski definition) is 0. The second-order valence-corrected chi connectivity index (χ2v) is 16.9. The maximum Gasteiger partial charge on any atom is 0.352 e. The lowest BCUT2D eigenvalue weighted by Gasteiger charge is -2.43. The third-order valence-electron chi connectivity index (χ3n) is 12.4. The van der Waals surface area contributed by atoms with Crippen LogP contribution in [0.15, 0.2) is 91.1 Å². The first kappa shape index (κ1) is 29.2. The average Bonchev–Trinajstić information content (AvgIpc) is 3.69. The quantitative estimate of drug-likeness (QED) is 0.176. The maximum absolute atomic E-state index is 7.10. The standard InChI is InChI=1S/C45H45N3O/c1-26(2)28-22-29(27(3)4)24-30(23-28)47-35-17-13-18-36-40(35)48-41-37(49-36)25-33-38(44(7,8)20-19-43(33,5)6)39(41)45(42(47)48)32-15-10-9-14-31(32)34-16-11-12-21-46(34)45/h9-18,21-27H,19-20H2,1-8H3/q+2. The van der Waals surface area contributed by atoms with Crippen LogP contribution in [0.4, 0.5) is 0 Å². The molecule has 4 aromatic carbocycles. The molecular weight excluding hydrogens is 599 g/mol. The Balaban J connectivity index is 1.49. The Hall–Kier alpha value is -4.70. The van der Waals surface area contributed by atoms with E-state index in [2.05, 4.69) is 160 Å². The van der Waals surface area contributed by atoms with Gasteiger partial charge in [-0.05, 0) is 100 Å². The van der Waals surface area contributed by atoms with Gasteiger partial charge in [-0.3, -0.25) is 0 Å². The number of ether oxygens (including phenoxy) is 1. The number of pyridine rings is 1. The summed E-state index contributed by atoms with van der Waals surface area (Å²) in [6, 6.07) is 32.2. The van der Waals surface area contributed by atoms with Crippen molar-refractivity contribution in [2.45, 2.75) is 96.4 Å². The van der Waals surface area contributed by atoms with Crippen molar-refractivity contribution >= 4 is 11.0 Å². The highest BCUT2D eigenvalue weighted by molar-refractivity contribution is 5.87. The summed E-state index contributed by atoms with van der Waals surface area (Å²) in [6.45, 7) is 19.1. The van der Waals surface area contributed by atoms with Crippen molar-refractivity contribution in [2.24, 2.45) is 0 Å². The van der Waals surface area contributed by atoms with Crippen molar-refractivity contribution in [3.05, 3.63) is 130 Å². The Morgan fingerprint density at radius 2 is 1.41 bits per heavy atom. The molecule has 0 N–H and O–H groups in total. The van der Waals surface area contributed by atoms with Gasteiger partial charge in [0.05, 0.1) is 16.7 Å². The second-order valence-electron chi connectivity index (χ2n) is 16.9. The molecule has 4 heteroatoms.